The third-order valence-electron chi connectivity index (χ3n) is 7.32. The quantitative estimate of drug-likeness (QED) is 0.421. The second-order valence-corrected chi connectivity index (χ2v) is 12.0. The number of sulfonamides is 1. The molecule has 12 heteroatoms. The summed E-state index contributed by atoms with van der Waals surface area (Å²) in [7, 11) is -1.54. The highest BCUT2D eigenvalue weighted by molar-refractivity contribution is 7.88. The van der Waals surface area contributed by atoms with E-state index in [-0.39, 0.29) is 17.5 Å². The van der Waals surface area contributed by atoms with Crippen molar-refractivity contribution in [3.8, 4) is 16.9 Å². The van der Waals surface area contributed by atoms with Gasteiger partial charge in [0.25, 0.3) is 5.56 Å². The number of rotatable bonds is 8. The van der Waals surface area contributed by atoms with E-state index in [1.54, 1.807) is 36.6 Å². The van der Waals surface area contributed by atoms with E-state index in [1.165, 1.54) is 15.1 Å². The van der Waals surface area contributed by atoms with Crippen LogP contribution in [-0.4, -0.2) is 89.6 Å². The highest BCUT2D eigenvalue weighted by Gasteiger charge is 2.29. The summed E-state index contributed by atoms with van der Waals surface area (Å²) in [4.78, 5) is 33.1. The molecule has 0 unspecified atom stereocenters. The number of furan rings is 1. The molecule has 2 saturated heterocycles. The lowest BCUT2D eigenvalue weighted by atomic mass is 10.1. The average molecular weight is 544 g/mol. The number of aromatic nitrogens is 2. The molecule has 1 atom stereocenters. The second-order valence-electron chi connectivity index (χ2n) is 10.1. The molecular weight excluding hydrogens is 510 g/mol. The minimum atomic E-state index is -3.24. The van der Waals surface area contributed by atoms with Gasteiger partial charge in [0, 0.05) is 69.2 Å². The monoisotopic (exact) mass is 543 g/mol. The number of likely N-dealkylation sites (tertiary alicyclic amines) is 1. The summed E-state index contributed by atoms with van der Waals surface area (Å²) in [6, 6.07) is 3.60. The maximum absolute atomic E-state index is 13.0. The highest BCUT2D eigenvalue weighted by atomic mass is 32.2. The molecule has 5 heterocycles. The summed E-state index contributed by atoms with van der Waals surface area (Å²) in [6.07, 6.45) is 7.72. The van der Waals surface area contributed by atoms with Gasteiger partial charge in [-0.15, -0.1) is 0 Å². The molecule has 38 heavy (non-hydrogen) atoms. The zero-order valence-corrected chi connectivity index (χ0v) is 22.7. The number of nitrogens with zero attached hydrogens (tertiary/aromatic N) is 5. The Balaban J connectivity index is 1.41. The number of hydrogen-bond donors (Lipinski definition) is 0. The minimum Gasteiger partial charge on any atom is -0.489 e. The van der Waals surface area contributed by atoms with E-state index in [0.717, 1.165) is 18.5 Å². The minimum absolute atomic E-state index is 0.00307. The Morgan fingerprint density at radius 3 is 2.71 bits per heavy atom. The van der Waals surface area contributed by atoms with Crippen LogP contribution in [0.3, 0.4) is 0 Å². The summed E-state index contributed by atoms with van der Waals surface area (Å²) in [5, 5.41) is 0.466. The maximum atomic E-state index is 13.0. The fourth-order valence-electron chi connectivity index (χ4n) is 5.19. The first-order valence-corrected chi connectivity index (χ1v) is 14.6. The van der Waals surface area contributed by atoms with Crippen LogP contribution in [0.15, 0.2) is 39.9 Å². The summed E-state index contributed by atoms with van der Waals surface area (Å²) >= 11 is 0. The van der Waals surface area contributed by atoms with E-state index < -0.39 is 10.0 Å². The normalized spacial score (nSPS) is 19.5. The Hall–Kier alpha value is -3.22. The third-order valence-corrected chi connectivity index (χ3v) is 8.59. The van der Waals surface area contributed by atoms with Crippen LogP contribution in [0.5, 0.6) is 5.75 Å². The van der Waals surface area contributed by atoms with Crippen LogP contribution in [-0.2, 0) is 28.4 Å². The van der Waals surface area contributed by atoms with Crippen LogP contribution in [0.2, 0.25) is 0 Å². The van der Waals surface area contributed by atoms with Gasteiger partial charge in [0.15, 0.2) is 0 Å². The van der Waals surface area contributed by atoms with Crippen molar-refractivity contribution in [2.75, 3.05) is 45.6 Å². The number of pyridine rings is 2. The Morgan fingerprint density at radius 1 is 1.18 bits per heavy atom. The van der Waals surface area contributed by atoms with Gasteiger partial charge in [0.05, 0.1) is 30.9 Å². The van der Waals surface area contributed by atoms with Gasteiger partial charge in [-0.25, -0.2) is 8.42 Å². The van der Waals surface area contributed by atoms with Crippen molar-refractivity contribution in [3.05, 3.63) is 46.8 Å². The van der Waals surface area contributed by atoms with Crippen molar-refractivity contribution in [1.82, 2.24) is 23.7 Å². The highest BCUT2D eigenvalue weighted by Crippen LogP contribution is 2.35. The van der Waals surface area contributed by atoms with Gasteiger partial charge in [0.2, 0.25) is 15.9 Å². The predicted octanol–water partition coefficient (Wildman–Crippen LogP) is 1.66. The van der Waals surface area contributed by atoms with Crippen LogP contribution in [0, 0.1) is 0 Å². The van der Waals surface area contributed by atoms with E-state index >= 15 is 0 Å². The number of hydrogen-bond acceptors (Lipinski definition) is 8. The molecule has 2 fully saturated rings. The van der Waals surface area contributed by atoms with E-state index in [9.17, 15) is 18.0 Å². The number of fused-ring (bicyclic) bond motifs is 1. The number of carbonyl (C=O) groups is 1. The molecule has 1 amide bonds. The SMILES string of the molecule is C[C@@H]1CN(S(C)(=O)=O)CCN1Cc1cc2c(=O)n(C)cc(-c3ccncc3OCCN3CCCC3=O)c2o1. The molecule has 0 N–H and O–H groups in total. The molecule has 0 spiro atoms. The van der Waals surface area contributed by atoms with Crippen LogP contribution in [0.4, 0.5) is 0 Å². The number of aryl methyl sites for hydroxylation is 1. The van der Waals surface area contributed by atoms with Crippen molar-refractivity contribution >= 4 is 26.9 Å². The molecule has 2 aliphatic heterocycles. The first kappa shape index (κ1) is 26.4. The zero-order valence-electron chi connectivity index (χ0n) is 21.9. The van der Waals surface area contributed by atoms with Crippen LogP contribution in [0.1, 0.15) is 25.5 Å². The molecule has 0 aliphatic carbocycles. The fraction of sp³-hybridized carbons (Fsp3) is 0.500. The zero-order chi connectivity index (χ0) is 27.0. The molecule has 0 aromatic carbocycles. The van der Waals surface area contributed by atoms with Gasteiger partial charge in [-0.3, -0.25) is 19.5 Å². The van der Waals surface area contributed by atoms with Crippen molar-refractivity contribution in [2.24, 2.45) is 7.05 Å². The number of amides is 1. The van der Waals surface area contributed by atoms with E-state index in [2.05, 4.69) is 9.88 Å². The molecule has 5 rings (SSSR count). The van der Waals surface area contributed by atoms with E-state index in [1.807, 2.05) is 13.0 Å². The molecule has 2 aliphatic rings. The largest absolute Gasteiger partial charge is 0.489 e. The Labute approximate surface area is 221 Å². The molecule has 11 nitrogen and oxygen atoms in total. The number of carbonyl (C=O) groups excluding carboxylic acids is 1. The average Bonchev–Trinajstić information content (AvgIpc) is 3.49. The molecule has 3 aromatic rings. The van der Waals surface area contributed by atoms with E-state index in [0.29, 0.717) is 73.8 Å². The lowest BCUT2D eigenvalue weighted by molar-refractivity contribution is -0.128. The van der Waals surface area contributed by atoms with Gasteiger partial charge < -0.3 is 18.6 Å². The number of piperazine rings is 1. The van der Waals surface area contributed by atoms with Crippen molar-refractivity contribution < 1.29 is 22.4 Å². The lowest BCUT2D eigenvalue weighted by Gasteiger charge is -2.38. The summed E-state index contributed by atoms with van der Waals surface area (Å²) in [6.45, 7) is 5.43. The molecule has 204 valence electrons. The molecular formula is C26H33N5O6S. The predicted molar refractivity (Wildman–Crippen MR) is 142 cm³/mol. The fourth-order valence-corrected chi connectivity index (χ4v) is 6.09. The summed E-state index contributed by atoms with van der Waals surface area (Å²) in [5.74, 6) is 1.32. The smallest absolute Gasteiger partial charge is 0.261 e. The Bertz CT molecular complexity index is 1510. The molecule has 0 radical (unpaired) electrons. The first-order chi connectivity index (χ1) is 18.1. The van der Waals surface area contributed by atoms with Crippen LogP contribution >= 0.6 is 0 Å². The van der Waals surface area contributed by atoms with Crippen molar-refractivity contribution in [1.29, 1.82) is 0 Å². The standard InChI is InChI=1S/C26H33N5O6S/c1-18-15-31(38(3,34)35)10-9-30(18)16-19-13-21-25(37-19)22(17-28(2)26(21)33)20-6-7-27-14-23(20)36-12-11-29-8-4-5-24(29)32/h6-7,13-14,17-18H,4-5,8-12,15-16H2,1-3H3/t18-/m1/s1. The van der Waals surface area contributed by atoms with Gasteiger partial charge in [-0.05, 0) is 25.5 Å². The summed E-state index contributed by atoms with van der Waals surface area (Å²) in [5.41, 5.74) is 1.75. The van der Waals surface area contributed by atoms with Gasteiger partial charge >= 0.3 is 0 Å². The third kappa shape index (κ3) is 5.33. The van der Waals surface area contributed by atoms with Crippen LogP contribution < -0.4 is 10.3 Å². The van der Waals surface area contributed by atoms with Crippen molar-refractivity contribution in [2.45, 2.75) is 32.4 Å². The molecule has 0 bridgehead atoms. The van der Waals surface area contributed by atoms with Gasteiger partial charge in [-0.1, -0.05) is 0 Å². The Kier molecular flexibility index (Phi) is 7.30. The molecule has 3 aromatic heterocycles. The van der Waals surface area contributed by atoms with Crippen LogP contribution in [0.25, 0.3) is 22.1 Å². The maximum Gasteiger partial charge on any atom is 0.261 e. The number of ether oxygens (including phenoxy) is 1. The lowest BCUT2D eigenvalue weighted by Crippen LogP contribution is -2.52. The summed E-state index contributed by atoms with van der Waals surface area (Å²) < 4.78 is 39.2. The van der Waals surface area contributed by atoms with Gasteiger partial charge in [0.1, 0.15) is 23.7 Å². The second kappa shape index (κ2) is 10.5. The van der Waals surface area contributed by atoms with Crippen molar-refractivity contribution in [3.63, 3.8) is 0 Å². The molecule has 0 saturated carbocycles. The topological polar surface area (TPSA) is 118 Å². The Morgan fingerprint density at radius 2 is 2.00 bits per heavy atom. The van der Waals surface area contributed by atoms with E-state index in [4.69, 9.17) is 9.15 Å². The van der Waals surface area contributed by atoms with Gasteiger partial charge in [-0.2, -0.15) is 4.31 Å². The first-order valence-electron chi connectivity index (χ1n) is 12.8.